The van der Waals surface area contributed by atoms with Crippen LogP contribution in [0.3, 0.4) is 0 Å². The summed E-state index contributed by atoms with van der Waals surface area (Å²) in [5.74, 6) is 2.30. The first-order chi connectivity index (χ1) is 7.27. The zero-order valence-corrected chi connectivity index (χ0v) is 10.8. The highest BCUT2D eigenvalue weighted by Gasteiger charge is 2.71. The average Bonchev–Trinajstić information content (AvgIpc) is 1.94. The highest BCUT2D eigenvalue weighted by atomic mass is 16.3. The number of allylic oxidation sites excluding steroid dienone is 1. The van der Waals surface area contributed by atoms with Gasteiger partial charge in [-0.3, -0.25) is 0 Å². The Bertz CT molecular complexity index is 360. The molecule has 0 aromatic carbocycles. The third kappa shape index (κ3) is 1.18. The van der Waals surface area contributed by atoms with Crippen molar-refractivity contribution in [2.45, 2.75) is 52.9 Å². The summed E-state index contributed by atoms with van der Waals surface area (Å²) < 4.78 is 0. The van der Waals surface area contributed by atoms with Crippen molar-refractivity contribution in [1.29, 1.82) is 0 Å². The van der Waals surface area contributed by atoms with E-state index in [0.717, 1.165) is 18.3 Å². The fraction of sp³-hybridized carbons (Fsp3) is 0.867. The van der Waals surface area contributed by atoms with Gasteiger partial charge in [-0.25, -0.2) is 0 Å². The van der Waals surface area contributed by atoms with E-state index in [1.807, 2.05) is 0 Å². The van der Waals surface area contributed by atoms with E-state index in [4.69, 9.17) is 0 Å². The molecular weight excluding hydrogens is 196 g/mol. The van der Waals surface area contributed by atoms with Gasteiger partial charge >= 0.3 is 0 Å². The maximum atomic E-state index is 9.48. The Hall–Kier alpha value is -0.460. The average molecular weight is 220 g/mol. The molecule has 0 bridgehead atoms. The Morgan fingerprint density at radius 3 is 2.38 bits per heavy atom. The SMILES string of the molecule is C=C(O)CC1(C)CC2CC3(C)CC(C)(C1)C23. The molecule has 90 valence electrons. The van der Waals surface area contributed by atoms with Gasteiger partial charge < -0.3 is 5.11 Å². The summed E-state index contributed by atoms with van der Waals surface area (Å²) in [4.78, 5) is 0. The van der Waals surface area contributed by atoms with Crippen LogP contribution in [0.5, 0.6) is 0 Å². The van der Waals surface area contributed by atoms with Gasteiger partial charge in [0, 0.05) is 6.42 Å². The van der Waals surface area contributed by atoms with Crippen molar-refractivity contribution in [3.8, 4) is 0 Å². The Kier molecular flexibility index (Phi) is 1.79. The Balaban J connectivity index is 1.81. The maximum absolute atomic E-state index is 9.48. The maximum Gasteiger partial charge on any atom is 0.0856 e. The van der Waals surface area contributed by atoms with Crippen molar-refractivity contribution >= 4 is 0 Å². The van der Waals surface area contributed by atoms with Crippen molar-refractivity contribution in [3.63, 3.8) is 0 Å². The first-order valence-electron chi connectivity index (χ1n) is 6.63. The molecule has 3 rings (SSSR count). The summed E-state index contributed by atoms with van der Waals surface area (Å²) in [6, 6.07) is 0. The molecule has 1 heteroatoms. The van der Waals surface area contributed by atoms with Crippen LogP contribution in [0.4, 0.5) is 0 Å². The molecule has 0 radical (unpaired) electrons. The number of aliphatic hydroxyl groups is 1. The van der Waals surface area contributed by atoms with Crippen LogP contribution in [0, 0.1) is 28.1 Å². The quantitative estimate of drug-likeness (QED) is 0.688. The van der Waals surface area contributed by atoms with Crippen LogP contribution >= 0.6 is 0 Å². The smallest absolute Gasteiger partial charge is 0.0856 e. The molecule has 0 saturated heterocycles. The van der Waals surface area contributed by atoms with Crippen LogP contribution in [0.2, 0.25) is 0 Å². The van der Waals surface area contributed by atoms with E-state index < -0.39 is 0 Å². The lowest BCUT2D eigenvalue weighted by Crippen LogP contribution is -2.69. The molecule has 5 atom stereocenters. The standard InChI is InChI=1S/C15H24O/c1-10(16)5-13(2)6-11-7-14(3)9-15(4,8-13)12(11)14/h11-12,16H,1,5-9H2,2-4H3. The lowest BCUT2D eigenvalue weighted by molar-refractivity contribution is -0.275. The molecule has 0 amide bonds. The van der Waals surface area contributed by atoms with E-state index in [9.17, 15) is 5.11 Å². The van der Waals surface area contributed by atoms with Crippen LogP contribution < -0.4 is 0 Å². The van der Waals surface area contributed by atoms with Crippen LogP contribution in [0.15, 0.2) is 12.3 Å². The van der Waals surface area contributed by atoms with E-state index in [1.165, 1.54) is 25.7 Å². The van der Waals surface area contributed by atoms with Gasteiger partial charge in [0.2, 0.25) is 0 Å². The second kappa shape index (κ2) is 2.68. The van der Waals surface area contributed by atoms with E-state index in [1.54, 1.807) is 0 Å². The van der Waals surface area contributed by atoms with E-state index in [2.05, 4.69) is 27.4 Å². The minimum Gasteiger partial charge on any atom is -0.513 e. The van der Waals surface area contributed by atoms with Gasteiger partial charge in [0.05, 0.1) is 5.76 Å². The van der Waals surface area contributed by atoms with Crippen molar-refractivity contribution in [2.24, 2.45) is 28.1 Å². The third-order valence-corrected chi connectivity index (χ3v) is 5.73. The zero-order valence-electron chi connectivity index (χ0n) is 10.8. The van der Waals surface area contributed by atoms with Crippen molar-refractivity contribution in [3.05, 3.63) is 12.3 Å². The van der Waals surface area contributed by atoms with E-state index in [0.29, 0.717) is 22.0 Å². The Labute approximate surface area is 98.9 Å². The van der Waals surface area contributed by atoms with Gasteiger partial charge in [0.1, 0.15) is 0 Å². The normalized spacial score (nSPS) is 58.2. The molecule has 0 spiro atoms. The van der Waals surface area contributed by atoms with Crippen LogP contribution in [-0.2, 0) is 0 Å². The first-order valence-corrected chi connectivity index (χ1v) is 6.63. The van der Waals surface area contributed by atoms with Crippen LogP contribution in [0.25, 0.3) is 0 Å². The molecule has 3 saturated carbocycles. The number of aliphatic hydroxyl groups excluding tert-OH is 1. The molecule has 3 aliphatic rings. The van der Waals surface area contributed by atoms with Crippen molar-refractivity contribution in [2.75, 3.05) is 0 Å². The second-order valence-electron chi connectivity index (χ2n) is 7.86. The zero-order chi connectivity index (χ0) is 11.8. The third-order valence-electron chi connectivity index (χ3n) is 5.73. The van der Waals surface area contributed by atoms with Gasteiger partial charge in [0.25, 0.3) is 0 Å². The first kappa shape index (κ1) is 10.7. The van der Waals surface area contributed by atoms with Gasteiger partial charge in [-0.05, 0) is 53.8 Å². The predicted octanol–water partition coefficient (Wildman–Crippen LogP) is 4.30. The molecule has 0 aromatic heterocycles. The lowest BCUT2D eigenvalue weighted by Gasteiger charge is -2.76. The number of rotatable bonds is 2. The van der Waals surface area contributed by atoms with Gasteiger partial charge in [0.15, 0.2) is 0 Å². The monoisotopic (exact) mass is 220 g/mol. The molecule has 5 unspecified atom stereocenters. The molecular formula is C15H24O. The van der Waals surface area contributed by atoms with E-state index in [-0.39, 0.29) is 0 Å². The molecule has 1 nitrogen and oxygen atoms in total. The molecule has 3 fully saturated rings. The molecule has 0 heterocycles. The highest BCUT2D eigenvalue weighted by Crippen LogP contribution is 2.79. The Morgan fingerprint density at radius 1 is 1.19 bits per heavy atom. The summed E-state index contributed by atoms with van der Waals surface area (Å²) in [7, 11) is 0. The molecule has 0 aromatic rings. The van der Waals surface area contributed by atoms with Gasteiger partial charge in [-0.15, -0.1) is 0 Å². The van der Waals surface area contributed by atoms with Crippen molar-refractivity contribution < 1.29 is 5.11 Å². The predicted molar refractivity (Wildman–Crippen MR) is 66.2 cm³/mol. The summed E-state index contributed by atoms with van der Waals surface area (Å²) >= 11 is 0. The highest BCUT2D eigenvalue weighted by molar-refractivity contribution is 5.20. The minimum absolute atomic E-state index is 0.309. The van der Waals surface area contributed by atoms with Crippen LogP contribution in [-0.4, -0.2) is 5.11 Å². The number of hydrogen-bond acceptors (Lipinski definition) is 1. The fourth-order valence-electron chi connectivity index (χ4n) is 6.42. The molecule has 0 aliphatic heterocycles. The number of hydrogen-bond donors (Lipinski definition) is 1. The minimum atomic E-state index is 0.309. The van der Waals surface area contributed by atoms with Crippen LogP contribution in [0.1, 0.15) is 52.9 Å². The van der Waals surface area contributed by atoms with Crippen molar-refractivity contribution in [1.82, 2.24) is 0 Å². The summed E-state index contributed by atoms with van der Waals surface area (Å²) in [6.07, 6.45) is 6.25. The molecule has 16 heavy (non-hydrogen) atoms. The van der Waals surface area contributed by atoms with Gasteiger partial charge in [-0.1, -0.05) is 27.4 Å². The second-order valence-corrected chi connectivity index (χ2v) is 7.86. The summed E-state index contributed by atoms with van der Waals surface area (Å²) in [5.41, 5.74) is 1.57. The van der Waals surface area contributed by atoms with Gasteiger partial charge in [-0.2, -0.15) is 0 Å². The fourth-order valence-corrected chi connectivity index (χ4v) is 6.42. The van der Waals surface area contributed by atoms with E-state index >= 15 is 0 Å². The topological polar surface area (TPSA) is 20.2 Å². The summed E-state index contributed by atoms with van der Waals surface area (Å²) in [5, 5.41) is 9.48. The lowest BCUT2D eigenvalue weighted by atomic mass is 9.28. The Morgan fingerprint density at radius 2 is 1.88 bits per heavy atom. The molecule has 3 aliphatic carbocycles. The molecule has 1 N–H and O–H groups in total. The summed E-state index contributed by atoms with van der Waals surface area (Å²) in [6.45, 7) is 11.0. The largest absolute Gasteiger partial charge is 0.513 e.